The van der Waals surface area contributed by atoms with Gasteiger partial charge in [0.1, 0.15) is 11.5 Å². The zero-order valence-corrected chi connectivity index (χ0v) is 11.3. The minimum absolute atomic E-state index is 0.174. The lowest BCUT2D eigenvalue weighted by Gasteiger charge is -2.15. The number of ether oxygens (including phenoxy) is 2. The number of methoxy groups -OCH3 is 1. The van der Waals surface area contributed by atoms with Crippen LogP contribution < -0.4 is 15.2 Å². The van der Waals surface area contributed by atoms with Crippen molar-refractivity contribution in [2.24, 2.45) is 5.73 Å². The molecule has 0 aliphatic heterocycles. The fourth-order valence-corrected chi connectivity index (χ4v) is 1.84. The summed E-state index contributed by atoms with van der Waals surface area (Å²) in [6.07, 6.45) is 2.12. The summed E-state index contributed by atoms with van der Waals surface area (Å²) in [6, 6.07) is 5.68. The molecule has 1 aromatic carbocycles. The Kier molecular flexibility index (Phi) is 5.63. The highest BCUT2D eigenvalue weighted by molar-refractivity contribution is 9.10. The lowest BCUT2D eigenvalue weighted by molar-refractivity contribution is 0.207. The number of rotatable bonds is 6. The van der Waals surface area contributed by atoms with Crippen LogP contribution in [0.3, 0.4) is 0 Å². The maximum absolute atomic E-state index is 5.79. The predicted octanol–water partition coefficient (Wildman–Crippen LogP) is 2.96. The van der Waals surface area contributed by atoms with Gasteiger partial charge >= 0.3 is 0 Å². The Labute approximate surface area is 105 Å². The summed E-state index contributed by atoms with van der Waals surface area (Å²) in [7, 11) is 1.65. The monoisotopic (exact) mass is 287 g/mol. The van der Waals surface area contributed by atoms with Gasteiger partial charge in [-0.1, -0.05) is 0 Å². The highest BCUT2D eigenvalue weighted by Gasteiger charge is 2.07. The maximum atomic E-state index is 5.79. The molecule has 3 nitrogen and oxygen atoms in total. The van der Waals surface area contributed by atoms with Crippen molar-refractivity contribution in [1.82, 2.24) is 0 Å². The van der Waals surface area contributed by atoms with Crippen molar-refractivity contribution >= 4 is 15.9 Å². The quantitative estimate of drug-likeness (QED) is 0.875. The van der Waals surface area contributed by atoms with Crippen molar-refractivity contribution in [3.8, 4) is 11.5 Å². The van der Waals surface area contributed by atoms with Crippen LogP contribution in [0.5, 0.6) is 11.5 Å². The van der Waals surface area contributed by atoms with Gasteiger partial charge in [-0.3, -0.25) is 0 Å². The van der Waals surface area contributed by atoms with E-state index >= 15 is 0 Å². The van der Waals surface area contributed by atoms with E-state index in [-0.39, 0.29) is 6.10 Å². The number of halogens is 1. The average molecular weight is 288 g/mol. The topological polar surface area (TPSA) is 44.5 Å². The van der Waals surface area contributed by atoms with Crippen LogP contribution in [0.4, 0.5) is 0 Å². The van der Waals surface area contributed by atoms with Crippen LogP contribution in [-0.2, 0) is 0 Å². The molecule has 0 fully saturated rings. The second-order valence-corrected chi connectivity index (χ2v) is 4.51. The van der Waals surface area contributed by atoms with Gasteiger partial charge in [0.05, 0.1) is 17.7 Å². The molecule has 90 valence electrons. The van der Waals surface area contributed by atoms with Gasteiger partial charge in [0.2, 0.25) is 0 Å². The van der Waals surface area contributed by atoms with Crippen molar-refractivity contribution in [3.05, 3.63) is 22.7 Å². The van der Waals surface area contributed by atoms with Crippen LogP contribution in [0.25, 0.3) is 0 Å². The molecule has 1 atom stereocenters. The molecule has 16 heavy (non-hydrogen) atoms. The fourth-order valence-electron chi connectivity index (χ4n) is 1.39. The van der Waals surface area contributed by atoms with Crippen LogP contribution in [0.1, 0.15) is 19.8 Å². The minimum atomic E-state index is 0.174. The summed E-state index contributed by atoms with van der Waals surface area (Å²) in [5.74, 6) is 1.65. The second-order valence-electron chi connectivity index (χ2n) is 3.66. The van der Waals surface area contributed by atoms with Crippen LogP contribution >= 0.6 is 15.9 Å². The molecule has 0 spiro atoms. The zero-order chi connectivity index (χ0) is 12.0. The van der Waals surface area contributed by atoms with E-state index in [9.17, 15) is 0 Å². The zero-order valence-electron chi connectivity index (χ0n) is 9.70. The van der Waals surface area contributed by atoms with Crippen molar-refractivity contribution < 1.29 is 9.47 Å². The molecule has 1 rings (SSSR count). The third kappa shape index (κ3) is 4.02. The average Bonchev–Trinajstić information content (AvgIpc) is 2.29. The van der Waals surface area contributed by atoms with Gasteiger partial charge in [0.15, 0.2) is 0 Å². The summed E-state index contributed by atoms with van der Waals surface area (Å²) >= 11 is 3.45. The fraction of sp³-hybridized carbons (Fsp3) is 0.500. The summed E-state index contributed by atoms with van der Waals surface area (Å²) in [5, 5.41) is 0. The van der Waals surface area contributed by atoms with Crippen LogP contribution in [-0.4, -0.2) is 19.8 Å². The highest BCUT2D eigenvalue weighted by Crippen LogP contribution is 2.30. The molecule has 0 saturated carbocycles. The molecular weight excluding hydrogens is 270 g/mol. The third-order valence-corrected chi connectivity index (χ3v) is 2.90. The Hall–Kier alpha value is -0.740. The van der Waals surface area contributed by atoms with E-state index in [0.717, 1.165) is 28.8 Å². The number of hydrogen-bond acceptors (Lipinski definition) is 3. The highest BCUT2D eigenvalue weighted by atomic mass is 79.9. The van der Waals surface area contributed by atoms with E-state index in [1.807, 2.05) is 25.1 Å². The first-order valence-corrected chi connectivity index (χ1v) is 6.17. The number of benzene rings is 1. The first kappa shape index (κ1) is 13.3. The van der Waals surface area contributed by atoms with E-state index in [2.05, 4.69) is 15.9 Å². The lowest BCUT2D eigenvalue weighted by Crippen LogP contribution is -2.14. The Morgan fingerprint density at radius 3 is 2.75 bits per heavy atom. The van der Waals surface area contributed by atoms with E-state index in [0.29, 0.717) is 6.54 Å². The molecule has 0 bridgehead atoms. The minimum Gasteiger partial charge on any atom is -0.497 e. The van der Waals surface area contributed by atoms with Crippen molar-refractivity contribution in [2.75, 3.05) is 13.7 Å². The Morgan fingerprint density at radius 1 is 1.44 bits per heavy atom. The van der Waals surface area contributed by atoms with Crippen LogP contribution in [0.2, 0.25) is 0 Å². The molecule has 4 heteroatoms. The molecule has 0 saturated heterocycles. The Bertz CT molecular complexity index is 331. The lowest BCUT2D eigenvalue weighted by atomic mass is 10.2. The summed E-state index contributed by atoms with van der Waals surface area (Å²) in [5.41, 5.74) is 5.46. The van der Waals surface area contributed by atoms with Gasteiger partial charge < -0.3 is 15.2 Å². The molecular formula is C12H18BrNO2. The molecule has 1 unspecified atom stereocenters. The molecule has 0 heterocycles. The molecule has 0 amide bonds. The number of nitrogens with two attached hydrogens (primary N) is 1. The SMILES string of the molecule is COc1ccc(OC(C)CCCN)c(Br)c1. The van der Waals surface area contributed by atoms with E-state index < -0.39 is 0 Å². The first-order chi connectivity index (χ1) is 7.67. The van der Waals surface area contributed by atoms with Crippen LogP contribution in [0.15, 0.2) is 22.7 Å². The summed E-state index contributed by atoms with van der Waals surface area (Å²) < 4.78 is 11.8. The van der Waals surface area contributed by atoms with E-state index in [4.69, 9.17) is 15.2 Å². The van der Waals surface area contributed by atoms with Crippen LogP contribution in [0, 0.1) is 0 Å². The predicted molar refractivity (Wildman–Crippen MR) is 69.1 cm³/mol. The van der Waals surface area contributed by atoms with Gasteiger partial charge in [-0.05, 0) is 60.4 Å². The number of hydrogen-bond donors (Lipinski definition) is 1. The van der Waals surface area contributed by atoms with Crippen molar-refractivity contribution in [2.45, 2.75) is 25.9 Å². The standard InChI is InChI=1S/C12H18BrNO2/c1-9(4-3-7-14)16-12-6-5-10(15-2)8-11(12)13/h5-6,8-9H,3-4,7,14H2,1-2H3. The molecule has 0 aromatic heterocycles. The van der Waals surface area contributed by atoms with E-state index in [1.54, 1.807) is 7.11 Å². The summed E-state index contributed by atoms with van der Waals surface area (Å²) in [4.78, 5) is 0. The molecule has 2 N–H and O–H groups in total. The van der Waals surface area contributed by atoms with Gasteiger partial charge in [-0.2, -0.15) is 0 Å². The second kappa shape index (κ2) is 6.76. The first-order valence-electron chi connectivity index (χ1n) is 5.37. The van der Waals surface area contributed by atoms with Gasteiger partial charge in [0, 0.05) is 0 Å². The van der Waals surface area contributed by atoms with Crippen molar-refractivity contribution in [1.29, 1.82) is 0 Å². The largest absolute Gasteiger partial charge is 0.497 e. The normalized spacial score (nSPS) is 12.2. The molecule has 0 aliphatic rings. The van der Waals surface area contributed by atoms with E-state index in [1.165, 1.54) is 0 Å². The molecule has 1 aromatic rings. The van der Waals surface area contributed by atoms with Gasteiger partial charge in [-0.25, -0.2) is 0 Å². The van der Waals surface area contributed by atoms with Gasteiger partial charge in [0.25, 0.3) is 0 Å². The maximum Gasteiger partial charge on any atom is 0.134 e. The smallest absolute Gasteiger partial charge is 0.134 e. The van der Waals surface area contributed by atoms with Gasteiger partial charge in [-0.15, -0.1) is 0 Å². The molecule has 0 radical (unpaired) electrons. The molecule has 0 aliphatic carbocycles. The Balaban J connectivity index is 2.59. The summed E-state index contributed by atoms with van der Waals surface area (Å²) in [6.45, 7) is 2.75. The third-order valence-electron chi connectivity index (χ3n) is 2.28. The Morgan fingerprint density at radius 2 is 2.19 bits per heavy atom. The van der Waals surface area contributed by atoms with Crippen molar-refractivity contribution in [3.63, 3.8) is 0 Å².